The molecule has 0 amide bonds. The summed E-state index contributed by atoms with van der Waals surface area (Å²) >= 11 is 0. The zero-order chi connectivity index (χ0) is 18.0. The van der Waals surface area contributed by atoms with Gasteiger partial charge < -0.3 is 15.3 Å². The van der Waals surface area contributed by atoms with Crippen molar-refractivity contribution in [3.05, 3.63) is 60.8 Å². The molecule has 0 bridgehead atoms. The summed E-state index contributed by atoms with van der Waals surface area (Å²) in [7, 11) is 0. The molecule has 4 heteroatoms. The van der Waals surface area contributed by atoms with E-state index in [1.807, 2.05) is 12.2 Å². The molecule has 0 aromatic heterocycles. The molecule has 0 unspecified atom stereocenters. The van der Waals surface area contributed by atoms with Crippen LogP contribution in [0.3, 0.4) is 0 Å². The second kappa shape index (κ2) is 16.0. The first kappa shape index (κ1) is 22.1. The monoisotopic (exact) mass is 334 g/mol. The number of carboxylic acid groups (broad SMARTS) is 1. The van der Waals surface area contributed by atoms with Gasteiger partial charge in [-0.2, -0.15) is 0 Å². The van der Waals surface area contributed by atoms with E-state index in [0.29, 0.717) is 19.3 Å². The van der Waals surface area contributed by atoms with E-state index in [0.717, 1.165) is 12.8 Å². The Hall–Kier alpha value is -1.91. The van der Waals surface area contributed by atoms with E-state index < -0.39 is 18.2 Å². The fourth-order valence-electron chi connectivity index (χ4n) is 1.82. The maximum absolute atomic E-state index is 10.3. The van der Waals surface area contributed by atoms with Gasteiger partial charge in [-0.1, -0.05) is 67.7 Å². The van der Waals surface area contributed by atoms with Crippen LogP contribution in [0.1, 0.15) is 45.4 Å². The van der Waals surface area contributed by atoms with Gasteiger partial charge in [0.05, 0.1) is 12.2 Å². The maximum atomic E-state index is 10.3. The molecule has 0 aromatic rings. The van der Waals surface area contributed by atoms with Crippen LogP contribution >= 0.6 is 0 Å². The van der Waals surface area contributed by atoms with Crippen LogP contribution in [-0.2, 0) is 4.79 Å². The largest absolute Gasteiger partial charge is 0.481 e. The Morgan fingerprint density at radius 2 is 1.54 bits per heavy atom. The normalized spacial score (nSPS) is 15.5. The number of aliphatic carboxylic acids is 1. The first-order valence-corrected chi connectivity index (χ1v) is 8.45. The van der Waals surface area contributed by atoms with Gasteiger partial charge in [0.2, 0.25) is 0 Å². The lowest BCUT2D eigenvalue weighted by Gasteiger charge is -2.02. The van der Waals surface area contributed by atoms with Crippen LogP contribution in [0.25, 0.3) is 0 Å². The number of rotatable bonds is 13. The average Bonchev–Trinajstić information content (AvgIpc) is 2.53. The molecule has 4 nitrogen and oxygen atoms in total. The van der Waals surface area contributed by atoms with Crippen LogP contribution in [0.5, 0.6) is 0 Å². The van der Waals surface area contributed by atoms with Crippen LogP contribution in [0.4, 0.5) is 0 Å². The summed E-state index contributed by atoms with van der Waals surface area (Å²) < 4.78 is 0. The molecule has 0 spiro atoms. The van der Waals surface area contributed by atoms with E-state index in [1.54, 1.807) is 36.5 Å². The number of hydrogen-bond donors (Lipinski definition) is 3. The number of carboxylic acids is 1. The number of allylic oxidation sites excluding steroid dienone is 7. The molecule has 0 aromatic carbocycles. The molecule has 0 fully saturated rings. The Kier molecular flexibility index (Phi) is 14.7. The molecule has 24 heavy (non-hydrogen) atoms. The molecule has 0 radical (unpaired) electrons. The van der Waals surface area contributed by atoms with E-state index in [1.165, 1.54) is 0 Å². The lowest BCUT2D eigenvalue weighted by molar-refractivity contribution is -0.137. The fourth-order valence-corrected chi connectivity index (χ4v) is 1.82. The first-order valence-electron chi connectivity index (χ1n) is 8.45. The zero-order valence-electron chi connectivity index (χ0n) is 14.4. The van der Waals surface area contributed by atoms with Gasteiger partial charge in [-0.3, -0.25) is 4.79 Å². The smallest absolute Gasteiger partial charge is 0.303 e. The van der Waals surface area contributed by atoms with Gasteiger partial charge in [-0.15, -0.1) is 0 Å². The Morgan fingerprint density at radius 3 is 2.17 bits per heavy atom. The van der Waals surface area contributed by atoms with Crippen molar-refractivity contribution in [2.45, 2.75) is 57.7 Å². The quantitative estimate of drug-likeness (QED) is 0.352. The van der Waals surface area contributed by atoms with Crippen LogP contribution in [0.2, 0.25) is 0 Å². The van der Waals surface area contributed by atoms with Gasteiger partial charge in [-0.05, 0) is 32.1 Å². The van der Waals surface area contributed by atoms with Crippen molar-refractivity contribution < 1.29 is 20.1 Å². The Bertz CT molecular complexity index is 458. The number of aliphatic hydroxyl groups excluding tert-OH is 2. The minimum atomic E-state index is -0.845. The Balaban J connectivity index is 3.87. The molecule has 134 valence electrons. The summed E-state index contributed by atoms with van der Waals surface area (Å²) in [5.41, 5.74) is 0. The average molecular weight is 334 g/mol. The van der Waals surface area contributed by atoms with Crippen LogP contribution < -0.4 is 0 Å². The van der Waals surface area contributed by atoms with Crippen LogP contribution in [-0.4, -0.2) is 33.5 Å². The van der Waals surface area contributed by atoms with Gasteiger partial charge in [0.25, 0.3) is 0 Å². The Labute approximate surface area is 145 Å². The third-order valence-corrected chi connectivity index (χ3v) is 3.11. The number of aliphatic hydroxyl groups is 2. The summed E-state index contributed by atoms with van der Waals surface area (Å²) in [4.78, 5) is 10.3. The number of carbonyl (C=O) groups is 1. The molecule has 0 heterocycles. The minimum Gasteiger partial charge on any atom is -0.481 e. The molecule has 0 rings (SSSR count). The molecule has 0 aliphatic carbocycles. The molecule has 0 aliphatic heterocycles. The van der Waals surface area contributed by atoms with Gasteiger partial charge in [0.15, 0.2) is 0 Å². The molecule has 0 saturated carbocycles. The van der Waals surface area contributed by atoms with Crippen LogP contribution in [0, 0.1) is 0 Å². The second-order valence-electron chi connectivity index (χ2n) is 5.40. The highest BCUT2D eigenvalue weighted by Gasteiger charge is 2.01. The third-order valence-electron chi connectivity index (χ3n) is 3.11. The van der Waals surface area contributed by atoms with Crippen molar-refractivity contribution in [3.63, 3.8) is 0 Å². The van der Waals surface area contributed by atoms with Crippen molar-refractivity contribution >= 4 is 5.97 Å². The summed E-state index contributed by atoms with van der Waals surface area (Å²) in [6, 6.07) is 0. The predicted molar refractivity (Wildman–Crippen MR) is 98.7 cm³/mol. The van der Waals surface area contributed by atoms with Gasteiger partial charge in [0.1, 0.15) is 0 Å². The zero-order valence-corrected chi connectivity index (χ0v) is 14.4. The summed E-state index contributed by atoms with van der Waals surface area (Å²) in [6.07, 6.45) is 20.9. The van der Waals surface area contributed by atoms with E-state index in [4.69, 9.17) is 5.11 Å². The van der Waals surface area contributed by atoms with Crippen LogP contribution in [0.15, 0.2) is 60.8 Å². The van der Waals surface area contributed by atoms with E-state index in [2.05, 4.69) is 19.1 Å². The fraction of sp³-hybridized carbons (Fsp3) is 0.450. The molecule has 3 N–H and O–H groups in total. The van der Waals surface area contributed by atoms with Gasteiger partial charge in [0, 0.05) is 6.42 Å². The molecule has 2 atom stereocenters. The highest BCUT2D eigenvalue weighted by atomic mass is 16.4. The lowest BCUT2D eigenvalue weighted by Crippen LogP contribution is -2.03. The number of hydrogen-bond acceptors (Lipinski definition) is 3. The predicted octanol–water partition coefficient (Wildman–Crippen LogP) is 3.93. The summed E-state index contributed by atoms with van der Waals surface area (Å²) in [5.74, 6) is -0.845. The topological polar surface area (TPSA) is 77.8 Å². The summed E-state index contributed by atoms with van der Waals surface area (Å²) in [6.45, 7) is 2.09. The van der Waals surface area contributed by atoms with Crippen molar-refractivity contribution in [3.8, 4) is 0 Å². The SMILES string of the molecule is CC/C=C/C/C=C/C[C@H](O)/C=C/C=C/C=C/[C@H](O)CCCC(=O)O. The van der Waals surface area contributed by atoms with Gasteiger partial charge >= 0.3 is 5.97 Å². The highest BCUT2D eigenvalue weighted by Crippen LogP contribution is 2.02. The molecular formula is C20H30O4. The minimum absolute atomic E-state index is 0.0741. The maximum Gasteiger partial charge on any atom is 0.303 e. The van der Waals surface area contributed by atoms with Gasteiger partial charge in [-0.25, -0.2) is 0 Å². The van der Waals surface area contributed by atoms with Crippen molar-refractivity contribution in [2.24, 2.45) is 0 Å². The second-order valence-corrected chi connectivity index (χ2v) is 5.40. The molecular weight excluding hydrogens is 304 g/mol. The standard InChI is InChI=1S/C20H30O4/c1-2-3-4-5-6-9-13-18(21)14-10-7-8-11-15-19(22)16-12-17-20(23)24/h3-4,6-11,14-15,18-19,21-22H,2,5,12-13,16-17H2,1H3,(H,23,24)/b4-3+,8-7+,9-6+,14-10+,15-11+/t18-,19-/m0/s1. The first-order chi connectivity index (χ1) is 11.6. The molecule has 0 saturated heterocycles. The lowest BCUT2D eigenvalue weighted by atomic mass is 10.1. The third kappa shape index (κ3) is 16.5. The molecule has 0 aliphatic rings. The highest BCUT2D eigenvalue weighted by molar-refractivity contribution is 5.66. The van der Waals surface area contributed by atoms with Crippen molar-refractivity contribution in [1.29, 1.82) is 0 Å². The van der Waals surface area contributed by atoms with Crippen molar-refractivity contribution in [1.82, 2.24) is 0 Å². The van der Waals surface area contributed by atoms with E-state index in [-0.39, 0.29) is 6.42 Å². The summed E-state index contributed by atoms with van der Waals surface area (Å²) in [5, 5.41) is 27.8. The van der Waals surface area contributed by atoms with Crippen molar-refractivity contribution in [2.75, 3.05) is 0 Å². The van der Waals surface area contributed by atoms with E-state index in [9.17, 15) is 15.0 Å². The van der Waals surface area contributed by atoms with E-state index >= 15 is 0 Å². The Morgan fingerprint density at radius 1 is 0.917 bits per heavy atom.